The van der Waals surface area contributed by atoms with Crippen LogP contribution in [0, 0.1) is 0 Å². The third-order valence-corrected chi connectivity index (χ3v) is 6.24. The third kappa shape index (κ3) is 7.35. The number of rotatable bonds is 10. The van der Waals surface area contributed by atoms with Crippen LogP contribution in [-0.4, -0.2) is 55.5 Å². The van der Waals surface area contributed by atoms with Crippen LogP contribution >= 0.6 is 0 Å². The summed E-state index contributed by atoms with van der Waals surface area (Å²) >= 11 is 0. The molecule has 0 aliphatic carbocycles. The average molecular weight is 510 g/mol. The molecule has 0 saturated carbocycles. The zero-order valence-corrected chi connectivity index (χ0v) is 22.5. The van der Waals surface area contributed by atoms with E-state index in [4.69, 9.17) is 18.9 Å². The monoisotopic (exact) mass is 509 g/mol. The summed E-state index contributed by atoms with van der Waals surface area (Å²) in [7, 11) is 1.37. The highest BCUT2D eigenvalue weighted by Crippen LogP contribution is 2.39. The fraction of sp³-hybridized carbons (Fsp3) is 0.467. The smallest absolute Gasteiger partial charge is 0.410 e. The molecule has 1 aliphatic heterocycles. The van der Waals surface area contributed by atoms with E-state index in [9.17, 15) is 9.59 Å². The maximum Gasteiger partial charge on any atom is 0.410 e. The first kappa shape index (κ1) is 28.3. The van der Waals surface area contributed by atoms with E-state index < -0.39 is 11.6 Å². The van der Waals surface area contributed by atoms with Crippen molar-refractivity contribution in [1.82, 2.24) is 4.90 Å². The summed E-state index contributed by atoms with van der Waals surface area (Å²) < 4.78 is 22.8. The number of nitrogens with zero attached hydrogens (tertiary/aromatic N) is 1. The average Bonchev–Trinajstić information content (AvgIpc) is 2.87. The Morgan fingerprint density at radius 2 is 1.89 bits per heavy atom. The Balaban J connectivity index is 2.08. The maximum atomic E-state index is 13.3. The molecule has 1 saturated heterocycles. The van der Waals surface area contributed by atoms with E-state index in [0.29, 0.717) is 43.9 Å². The summed E-state index contributed by atoms with van der Waals surface area (Å²) in [5.41, 5.74) is 0.733. The summed E-state index contributed by atoms with van der Waals surface area (Å²) in [6, 6.07) is 9.01. The van der Waals surface area contributed by atoms with E-state index in [1.807, 2.05) is 51.1 Å². The van der Waals surface area contributed by atoms with Crippen LogP contribution in [0.1, 0.15) is 68.4 Å². The van der Waals surface area contributed by atoms with Gasteiger partial charge in [0.05, 0.1) is 38.0 Å². The van der Waals surface area contributed by atoms with E-state index in [2.05, 4.69) is 13.2 Å². The Hall–Kier alpha value is -3.32. The molecule has 7 heteroatoms. The molecule has 0 unspecified atom stereocenters. The van der Waals surface area contributed by atoms with Crippen LogP contribution in [0.25, 0.3) is 10.8 Å². The van der Waals surface area contributed by atoms with Crippen molar-refractivity contribution in [3.8, 4) is 5.75 Å². The number of methoxy groups -OCH3 is 1. The number of esters is 1. The number of allylic oxidation sites excluding steroid dienone is 1. The molecule has 7 nitrogen and oxygen atoms in total. The highest BCUT2D eigenvalue weighted by Gasteiger charge is 2.36. The summed E-state index contributed by atoms with van der Waals surface area (Å²) in [6.07, 6.45) is 6.18. The molecule has 0 N–H and O–H groups in total. The molecule has 2 aromatic carbocycles. The molecule has 0 radical (unpaired) electrons. The molecule has 200 valence electrons. The Kier molecular flexibility index (Phi) is 9.75. The van der Waals surface area contributed by atoms with Crippen LogP contribution < -0.4 is 4.74 Å². The second-order valence-corrected chi connectivity index (χ2v) is 10.1. The molecule has 0 bridgehead atoms. The van der Waals surface area contributed by atoms with Crippen LogP contribution in [0.2, 0.25) is 0 Å². The molecule has 2 atom stereocenters. The van der Waals surface area contributed by atoms with Gasteiger partial charge in [0.15, 0.2) is 0 Å². The first-order valence-corrected chi connectivity index (χ1v) is 12.8. The minimum Gasteiger partial charge on any atom is -0.494 e. The molecule has 0 spiro atoms. The lowest BCUT2D eigenvalue weighted by Crippen LogP contribution is -2.45. The van der Waals surface area contributed by atoms with Gasteiger partial charge in [0.2, 0.25) is 0 Å². The van der Waals surface area contributed by atoms with Crippen molar-refractivity contribution < 1.29 is 28.5 Å². The normalized spacial score (nSPS) is 17.8. The van der Waals surface area contributed by atoms with E-state index in [1.165, 1.54) is 7.11 Å². The Labute approximate surface area is 220 Å². The van der Waals surface area contributed by atoms with Gasteiger partial charge in [-0.3, -0.25) is 0 Å². The number of fused-ring (bicyclic) bond motifs is 1. The van der Waals surface area contributed by atoms with Gasteiger partial charge in [-0.15, -0.1) is 13.2 Å². The first-order valence-electron chi connectivity index (χ1n) is 12.8. The second-order valence-electron chi connectivity index (χ2n) is 10.1. The van der Waals surface area contributed by atoms with Crippen molar-refractivity contribution in [3.05, 3.63) is 66.8 Å². The SMILES string of the molecule is C=CCCCOc1ccc2c(C(=O)OC)ccc([C@@H]3C[C@@H](OCC=C)CCN3C(=O)OC(C)(C)C)c2c1. The lowest BCUT2D eigenvalue weighted by molar-refractivity contribution is -0.0251. The number of carbonyl (C=O) groups excluding carboxylic acids is 2. The predicted molar refractivity (Wildman–Crippen MR) is 145 cm³/mol. The number of amides is 1. The van der Waals surface area contributed by atoms with Gasteiger partial charge >= 0.3 is 12.1 Å². The van der Waals surface area contributed by atoms with Crippen LogP contribution in [0.3, 0.4) is 0 Å². The van der Waals surface area contributed by atoms with Gasteiger partial charge in [-0.1, -0.05) is 18.2 Å². The highest BCUT2D eigenvalue weighted by atomic mass is 16.6. The van der Waals surface area contributed by atoms with Crippen LogP contribution in [0.15, 0.2) is 55.6 Å². The van der Waals surface area contributed by atoms with Crippen LogP contribution in [-0.2, 0) is 14.2 Å². The van der Waals surface area contributed by atoms with Gasteiger partial charge in [-0.05, 0) is 87.1 Å². The standard InChI is InChI=1S/C30H39NO6/c1-7-9-10-18-36-21-11-12-23-25(28(32)34-6)14-13-24(26(23)19-21)27-20-22(35-17-8-2)15-16-31(27)29(33)37-30(3,4)5/h7-8,11-14,19,22,27H,1-2,9-10,15-18,20H2,3-6H3/t22-,27-/m0/s1. The topological polar surface area (TPSA) is 74.3 Å². The minimum atomic E-state index is -0.624. The van der Waals surface area contributed by atoms with Gasteiger partial charge in [-0.2, -0.15) is 0 Å². The number of likely N-dealkylation sites (tertiary alicyclic amines) is 1. The number of carbonyl (C=O) groups is 2. The molecule has 1 heterocycles. The van der Waals surface area contributed by atoms with Gasteiger partial charge in [0, 0.05) is 6.54 Å². The van der Waals surface area contributed by atoms with Crippen molar-refractivity contribution in [1.29, 1.82) is 0 Å². The van der Waals surface area contributed by atoms with E-state index in [1.54, 1.807) is 17.0 Å². The number of ether oxygens (including phenoxy) is 4. The van der Waals surface area contributed by atoms with Gasteiger partial charge < -0.3 is 23.8 Å². The molecule has 2 aromatic rings. The summed E-state index contributed by atoms with van der Waals surface area (Å²) in [5.74, 6) is 0.273. The molecule has 37 heavy (non-hydrogen) atoms. The Bertz CT molecular complexity index is 1120. The number of piperidine rings is 1. The van der Waals surface area contributed by atoms with Crippen molar-refractivity contribution in [2.45, 2.75) is 64.2 Å². The molecule has 1 amide bonds. The van der Waals surface area contributed by atoms with Crippen LogP contribution in [0.4, 0.5) is 4.79 Å². The summed E-state index contributed by atoms with van der Waals surface area (Å²) in [6.45, 7) is 14.6. The largest absolute Gasteiger partial charge is 0.494 e. The minimum absolute atomic E-state index is 0.0460. The van der Waals surface area contributed by atoms with E-state index >= 15 is 0 Å². The Morgan fingerprint density at radius 1 is 1.11 bits per heavy atom. The van der Waals surface area contributed by atoms with Crippen molar-refractivity contribution in [3.63, 3.8) is 0 Å². The summed E-state index contributed by atoms with van der Waals surface area (Å²) in [4.78, 5) is 27.6. The number of unbranched alkanes of at least 4 members (excludes halogenated alkanes) is 1. The Morgan fingerprint density at radius 3 is 2.57 bits per heavy atom. The van der Waals surface area contributed by atoms with Crippen molar-refractivity contribution in [2.75, 3.05) is 26.9 Å². The molecule has 1 aliphatic rings. The van der Waals surface area contributed by atoms with E-state index in [0.717, 1.165) is 29.2 Å². The summed E-state index contributed by atoms with van der Waals surface area (Å²) in [5, 5.41) is 1.56. The zero-order valence-electron chi connectivity index (χ0n) is 22.5. The zero-order chi connectivity index (χ0) is 27.0. The quantitative estimate of drug-likeness (QED) is 0.204. The molecule has 3 rings (SSSR count). The highest BCUT2D eigenvalue weighted by molar-refractivity contribution is 6.06. The number of benzene rings is 2. The molecular weight excluding hydrogens is 470 g/mol. The van der Waals surface area contributed by atoms with E-state index in [-0.39, 0.29) is 18.2 Å². The molecule has 0 aromatic heterocycles. The van der Waals surface area contributed by atoms with Crippen LogP contribution in [0.5, 0.6) is 5.75 Å². The molecule has 1 fully saturated rings. The fourth-order valence-electron chi connectivity index (χ4n) is 4.56. The van der Waals surface area contributed by atoms with Crippen molar-refractivity contribution >= 4 is 22.8 Å². The van der Waals surface area contributed by atoms with Crippen molar-refractivity contribution in [2.24, 2.45) is 0 Å². The fourth-order valence-corrected chi connectivity index (χ4v) is 4.56. The second kappa shape index (κ2) is 12.8. The first-order chi connectivity index (χ1) is 17.7. The maximum absolute atomic E-state index is 13.3. The van der Waals surface area contributed by atoms with Gasteiger partial charge in [0.25, 0.3) is 0 Å². The number of hydrogen-bond acceptors (Lipinski definition) is 6. The lowest BCUT2D eigenvalue weighted by Gasteiger charge is -2.40. The van der Waals surface area contributed by atoms with Gasteiger partial charge in [0.1, 0.15) is 11.4 Å². The third-order valence-electron chi connectivity index (χ3n) is 6.24. The number of hydrogen-bond donors (Lipinski definition) is 0. The van der Waals surface area contributed by atoms with Gasteiger partial charge in [-0.25, -0.2) is 9.59 Å². The lowest BCUT2D eigenvalue weighted by atomic mass is 9.88. The molecular formula is C30H39NO6. The predicted octanol–water partition coefficient (Wildman–Crippen LogP) is 6.61.